The molecule has 0 unspecified atom stereocenters. The highest BCUT2D eigenvalue weighted by Crippen LogP contribution is 2.34. The summed E-state index contributed by atoms with van der Waals surface area (Å²) in [6.45, 7) is 1.68. The van der Waals surface area contributed by atoms with E-state index in [4.69, 9.17) is 18.9 Å². The number of carbonyl (C=O) groups excluding carboxylic acids is 2. The maximum atomic E-state index is 13.6. The van der Waals surface area contributed by atoms with E-state index in [1.165, 1.54) is 45.6 Å². The minimum Gasteiger partial charge on any atom is -0.494 e. The molecule has 0 spiro atoms. The molecule has 0 saturated carbocycles. The number of amides is 1. The normalized spacial score (nSPS) is 11.1. The summed E-state index contributed by atoms with van der Waals surface area (Å²) in [5.74, 6) is -0.340. The molecule has 3 rings (SSSR count). The first-order valence-electron chi connectivity index (χ1n) is 11.6. The van der Waals surface area contributed by atoms with Crippen molar-refractivity contribution in [2.24, 2.45) is 0 Å². The van der Waals surface area contributed by atoms with Crippen LogP contribution in [0.5, 0.6) is 17.2 Å². The highest BCUT2D eigenvalue weighted by atomic mass is 32.2. The van der Waals surface area contributed by atoms with E-state index in [0.29, 0.717) is 17.9 Å². The smallest absolute Gasteiger partial charge is 0.340 e. The van der Waals surface area contributed by atoms with Crippen molar-refractivity contribution in [2.45, 2.75) is 18.4 Å². The largest absolute Gasteiger partial charge is 0.494 e. The average Bonchev–Trinajstić information content (AvgIpc) is 2.93. The Balaban J connectivity index is 1.94. The lowest BCUT2D eigenvalue weighted by atomic mass is 10.1. The molecule has 10 nitrogen and oxygen atoms in total. The fourth-order valence-electron chi connectivity index (χ4n) is 3.65. The summed E-state index contributed by atoms with van der Waals surface area (Å²) in [5.41, 5.74) is 0.788. The van der Waals surface area contributed by atoms with E-state index in [0.717, 1.165) is 4.31 Å². The number of hydrogen-bond donors (Lipinski definition) is 1. The van der Waals surface area contributed by atoms with Gasteiger partial charge in [-0.3, -0.25) is 4.79 Å². The molecule has 1 amide bonds. The maximum Gasteiger partial charge on any atom is 0.340 e. The number of nitrogens with one attached hydrogen (secondary N) is 1. The molecular weight excluding hydrogens is 512 g/mol. The van der Waals surface area contributed by atoms with Crippen LogP contribution in [0.2, 0.25) is 0 Å². The van der Waals surface area contributed by atoms with Crippen LogP contribution in [-0.2, 0) is 26.1 Å². The summed E-state index contributed by atoms with van der Waals surface area (Å²) in [7, 11) is -0.0722. The Bertz CT molecular complexity index is 1360. The van der Waals surface area contributed by atoms with Crippen molar-refractivity contribution in [2.75, 3.05) is 39.8 Å². The predicted octanol–water partition coefficient (Wildman–Crippen LogP) is 3.72. The third-order valence-corrected chi connectivity index (χ3v) is 7.30. The second-order valence-corrected chi connectivity index (χ2v) is 9.89. The maximum absolute atomic E-state index is 13.6. The first-order valence-corrected chi connectivity index (χ1v) is 13.1. The van der Waals surface area contributed by atoms with Gasteiger partial charge in [0.15, 0.2) is 11.5 Å². The Labute approximate surface area is 222 Å². The molecule has 0 fully saturated rings. The molecule has 3 aromatic carbocycles. The summed E-state index contributed by atoms with van der Waals surface area (Å²) < 4.78 is 49.0. The molecule has 0 bridgehead atoms. The zero-order valence-corrected chi connectivity index (χ0v) is 22.4. The number of rotatable bonds is 12. The Hall–Kier alpha value is -4.09. The number of anilines is 1. The van der Waals surface area contributed by atoms with Crippen LogP contribution >= 0.6 is 0 Å². The molecule has 0 atom stereocenters. The van der Waals surface area contributed by atoms with Crippen LogP contribution in [0, 0.1) is 0 Å². The molecule has 3 aromatic rings. The van der Waals surface area contributed by atoms with Gasteiger partial charge in [-0.1, -0.05) is 30.3 Å². The molecule has 0 saturated heterocycles. The van der Waals surface area contributed by atoms with Gasteiger partial charge in [0.25, 0.3) is 0 Å². The van der Waals surface area contributed by atoms with Crippen LogP contribution < -0.4 is 19.5 Å². The Morgan fingerprint density at radius 1 is 0.895 bits per heavy atom. The predicted molar refractivity (Wildman–Crippen MR) is 141 cm³/mol. The van der Waals surface area contributed by atoms with Crippen molar-refractivity contribution in [1.82, 2.24) is 4.31 Å². The van der Waals surface area contributed by atoms with Gasteiger partial charge in [-0.25, -0.2) is 13.2 Å². The molecule has 38 heavy (non-hydrogen) atoms. The number of benzene rings is 3. The zero-order valence-electron chi connectivity index (χ0n) is 21.6. The van der Waals surface area contributed by atoms with Gasteiger partial charge in [0.05, 0.1) is 50.6 Å². The fraction of sp³-hybridized carbons (Fsp3) is 0.259. The fourth-order valence-corrected chi connectivity index (χ4v) is 5.03. The second kappa shape index (κ2) is 12.9. The van der Waals surface area contributed by atoms with Crippen molar-refractivity contribution in [3.8, 4) is 17.2 Å². The molecule has 0 aliphatic carbocycles. The minimum absolute atomic E-state index is 0.00560. The van der Waals surface area contributed by atoms with E-state index in [-0.39, 0.29) is 34.2 Å². The molecule has 0 aliphatic heterocycles. The Morgan fingerprint density at radius 2 is 1.53 bits per heavy atom. The van der Waals surface area contributed by atoms with Gasteiger partial charge >= 0.3 is 5.97 Å². The topological polar surface area (TPSA) is 120 Å². The quantitative estimate of drug-likeness (QED) is 0.344. The first-order chi connectivity index (χ1) is 18.2. The average molecular weight is 543 g/mol. The van der Waals surface area contributed by atoms with Crippen LogP contribution in [0.25, 0.3) is 0 Å². The lowest BCUT2D eigenvalue weighted by molar-refractivity contribution is -0.116. The highest BCUT2D eigenvalue weighted by Gasteiger charge is 2.28. The Kier molecular flexibility index (Phi) is 9.69. The lowest BCUT2D eigenvalue weighted by Gasteiger charge is -2.23. The summed E-state index contributed by atoms with van der Waals surface area (Å²) >= 11 is 0. The van der Waals surface area contributed by atoms with Crippen LogP contribution in [0.15, 0.2) is 71.6 Å². The SMILES string of the molecule is CCOc1ccc(S(=O)(=O)N(CC(=O)Nc2cc(OC)c(OC)cc2C(=O)OC)Cc2ccccc2)cc1. The molecule has 0 radical (unpaired) electrons. The molecule has 0 aromatic heterocycles. The number of esters is 1. The minimum atomic E-state index is -4.09. The van der Waals surface area contributed by atoms with Crippen molar-refractivity contribution in [3.63, 3.8) is 0 Å². The third kappa shape index (κ3) is 6.81. The molecule has 0 aliphatic rings. The number of carbonyl (C=O) groups is 2. The van der Waals surface area contributed by atoms with Gasteiger partial charge < -0.3 is 24.3 Å². The molecule has 0 heterocycles. The number of nitrogens with zero attached hydrogens (tertiary/aromatic N) is 1. The van der Waals surface area contributed by atoms with Gasteiger partial charge in [-0.15, -0.1) is 0 Å². The van der Waals surface area contributed by atoms with Crippen molar-refractivity contribution < 1.29 is 37.0 Å². The number of methoxy groups -OCH3 is 3. The van der Waals surface area contributed by atoms with E-state index in [1.807, 2.05) is 13.0 Å². The van der Waals surface area contributed by atoms with E-state index in [9.17, 15) is 18.0 Å². The molecule has 11 heteroatoms. The van der Waals surface area contributed by atoms with E-state index >= 15 is 0 Å². The van der Waals surface area contributed by atoms with Gasteiger partial charge in [-0.2, -0.15) is 4.31 Å². The lowest BCUT2D eigenvalue weighted by Crippen LogP contribution is -2.37. The number of sulfonamides is 1. The van der Waals surface area contributed by atoms with Crippen LogP contribution in [0.3, 0.4) is 0 Å². The summed E-state index contributed by atoms with van der Waals surface area (Å²) in [6, 6.07) is 17.7. The monoisotopic (exact) mass is 542 g/mol. The third-order valence-electron chi connectivity index (χ3n) is 5.50. The molecular formula is C27H30N2O8S. The zero-order chi connectivity index (χ0) is 27.7. The van der Waals surface area contributed by atoms with Crippen LogP contribution in [-0.4, -0.2) is 59.1 Å². The summed E-state index contributed by atoms with van der Waals surface area (Å²) in [4.78, 5) is 25.6. The summed E-state index contributed by atoms with van der Waals surface area (Å²) in [5, 5.41) is 2.62. The highest BCUT2D eigenvalue weighted by molar-refractivity contribution is 7.89. The van der Waals surface area contributed by atoms with E-state index < -0.39 is 28.4 Å². The number of ether oxygens (including phenoxy) is 4. The Morgan fingerprint density at radius 3 is 2.11 bits per heavy atom. The van der Waals surface area contributed by atoms with E-state index in [1.54, 1.807) is 36.4 Å². The van der Waals surface area contributed by atoms with Gasteiger partial charge in [0, 0.05) is 18.7 Å². The standard InChI is InChI=1S/C27H30N2O8S/c1-5-37-20-11-13-21(14-12-20)38(32,33)29(17-19-9-7-6-8-10-19)18-26(30)28-23-16-25(35-3)24(34-2)15-22(23)27(31)36-4/h6-16H,5,17-18H2,1-4H3,(H,28,30). The van der Waals surface area contributed by atoms with Crippen molar-refractivity contribution in [1.29, 1.82) is 0 Å². The molecule has 202 valence electrons. The van der Waals surface area contributed by atoms with Gasteiger partial charge in [-0.05, 0) is 36.8 Å². The van der Waals surface area contributed by atoms with Crippen LogP contribution in [0.1, 0.15) is 22.8 Å². The second-order valence-electron chi connectivity index (χ2n) is 7.96. The summed E-state index contributed by atoms with van der Waals surface area (Å²) in [6.07, 6.45) is 0. The van der Waals surface area contributed by atoms with Crippen molar-refractivity contribution in [3.05, 3.63) is 77.9 Å². The number of hydrogen-bond acceptors (Lipinski definition) is 8. The van der Waals surface area contributed by atoms with Crippen molar-refractivity contribution >= 4 is 27.6 Å². The molecule has 1 N–H and O–H groups in total. The first kappa shape index (κ1) is 28.5. The van der Waals surface area contributed by atoms with Crippen LogP contribution in [0.4, 0.5) is 5.69 Å². The van der Waals surface area contributed by atoms with E-state index in [2.05, 4.69) is 5.32 Å². The van der Waals surface area contributed by atoms with Gasteiger partial charge in [0.2, 0.25) is 15.9 Å². The van der Waals surface area contributed by atoms with Gasteiger partial charge in [0.1, 0.15) is 5.75 Å².